The van der Waals surface area contributed by atoms with E-state index in [1.165, 1.54) is 32.1 Å². The van der Waals surface area contributed by atoms with Gasteiger partial charge in [-0.25, -0.2) is 9.97 Å². The van der Waals surface area contributed by atoms with Crippen molar-refractivity contribution in [3.63, 3.8) is 0 Å². The summed E-state index contributed by atoms with van der Waals surface area (Å²) >= 11 is 0. The lowest BCUT2D eigenvalue weighted by molar-refractivity contribution is 0.462. The molecule has 5 nitrogen and oxygen atoms in total. The molecule has 3 rings (SSSR count). The summed E-state index contributed by atoms with van der Waals surface area (Å²) in [5.41, 5.74) is 2.96. The number of aromatic nitrogens is 4. The van der Waals surface area contributed by atoms with Crippen molar-refractivity contribution in [3.05, 3.63) is 11.5 Å². The molecule has 0 aromatic carbocycles. The van der Waals surface area contributed by atoms with E-state index in [0.29, 0.717) is 6.04 Å². The number of fused-ring (bicyclic) bond motifs is 1. The number of nitrogens with one attached hydrogen (secondary N) is 1. The third kappa shape index (κ3) is 2.29. The molecule has 0 unspecified atom stereocenters. The Morgan fingerprint density at radius 2 is 1.84 bits per heavy atom. The number of hydrogen-bond acceptors (Lipinski definition) is 4. The number of aryl methyl sites for hydroxylation is 3. The zero-order chi connectivity index (χ0) is 13.4. The Bertz CT molecular complexity index is 595. The minimum atomic E-state index is 0.543. The average molecular weight is 259 g/mol. The van der Waals surface area contributed by atoms with Crippen molar-refractivity contribution in [3.8, 4) is 0 Å². The van der Waals surface area contributed by atoms with E-state index in [0.717, 1.165) is 28.4 Å². The maximum absolute atomic E-state index is 4.59. The lowest BCUT2D eigenvalue weighted by atomic mass is 9.95. The van der Waals surface area contributed by atoms with E-state index >= 15 is 0 Å². The fourth-order valence-electron chi connectivity index (χ4n) is 2.99. The summed E-state index contributed by atoms with van der Waals surface area (Å²) in [4.78, 5) is 9.10. The summed E-state index contributed by atoms with van der Waals surface area (Å²) in [7, 11) is 1.96. The lowest BCUT2D eigenvalue weighted by Crippen LogP contribution is -2.23. The SMILES string of the molecule is Cc1nc(NC2CCCCC2)c2c(n1)c(C)nn2C. The van der Waals surface area contributed by atoms with E-state index < -0.39 is 0 Å². The molecule has 0 amide bonds. The van der Waals surface area contributed by atoms with Gasteiger partial charge < -0.3 is 5.32 Å². The van der Waals surface area contributed by atoms with Gasteiger partial charge in [0.15, 0.2) is 5.82 Å². The van der Waals surface area contributed by atoms with E-state index in [4.69, 9.17) is 0 Å². The minimum absolute atomic E-state index is 0.543. The van der Waals surface area contributed by atoms with Crippen LogP contribution in [0.5, 0.6) is 0 Å². The van der Waals surface area contributed by atoms with Crippen LogP contribution in [-0.4, -0.2) is 25.8 Å². The van der Waals surface area contributed by atoms with Crippen molar-refractivity contribution in [2.45, 2.75) is 52.0 Å². The molecule has 0 radical (unpaired) electrons. The lowest BCUT2D eigenvalue weighted by Gasteiger charge is -2.23. The van der Waals surface area contributed by atoms with Gasteiger partial charge in [-0.05, 0) is 26.7 Å². The van der Waals surface area contributed by atoms with Crippen LogP contribution < -0.4 is 5.32 Å². The van der Waals surface area contributed by atoms with Crippen LogP contribution in [0.2, 0.25) is 0 Å². The predicted molar refractivity (Wildman–Crippen MR) is 76.3 cm³/mol. The van der Waals surface area contributed by atoms with Crippen molar-refractivity contribution < 1.29 is 0 Å². The van der Waals surface area contributed by atoms with E-state index in [9.17, 15) is 0 Å². The highest BCUT2D eigenvalue weighted by atomic mass is 15.3. The van der Waals surface area contributed by atoms with Crippen LogP contribution in [-0.2, 0) is 7.05 Å². The highest BCUT2D eigenvalue weighted by Crippen LogP contribution is 2.26. The fraction of sp³-hybridized carbons (Fsp3) is 0.643. The van der Waals surface area contributed by atoms with E-state index in [1.54, 1.807) is 0 Å². The second-order valence-electron chi connectivity index (χ2n) is 5.50. The summed E-state index contributed by atoms with van der Waals surface area (Å²) < 4.78 is 1.88. The summed E-state index contributed by atoms with van der Waals surface area (Å²) in [6, 6.07) is 0.543. The first kappa shape index (κ1) is 12.4. The summed E-state index contributed by atoms with van der Waals surface area (Å²) in [6.07, 6.45) is 6.47. The highest BCUT2D eigenvalue weighted by Gasteiger charge is 2.18. The molecule has 0 atom stereocenters. The maximum atomic E-state index is 4.59. The van der Waals surface area contributed by atoms with Gasteiger partial charge in [-0.15, -0.1) is 0 Å². The molecule has 102 valence electrons. The van der Waals surface area contributed by atoms with Gasteiger partial charge in [0.2, 0.25) is 0 Å². The molecule has 0 bridgehead atoms. The van der Waals surface area contributed by atoms with E-state index in [1.807, 2.05) is 25.6 Å². The van der Waals surface area contributed by atoms with Gasteiger partial charge in [0.1, 0.15) is 16.9 Å². The Kier molecular flexibility index (Phi) is 3.12. The standard InChI is InChI=1S/C14H21N5/c1-9-12-13(19(3)18-9)14(16-10(2)15-12)17-11-7-5-4-6-8-11/h11H,4-8H2,1-3H3,(H,15,16,17). The van der Waals surface area contributed by atoms with Gasteiger partial charge in [-0.3, -0.25) is 4.68 Å². The molecule has 0 aliphatic heterocycles. The average Bonchev–Trinajstić information content (AvgIpc) is 2.66. The van der Waals surface area contributed by atoms with Crippen molar-refractivity contribution in [2.24, 2.45) is 7.05 Å². The predicted octanol–water partition coefficient (Wildman–Crippen LogP) is 2.72. The van der Waals surface area contributed by atoms with Crippen molar-refractivity contribution in [1.29, 1.82) is 0 Å². The summed E-state index contributed by atoms with van der Waals surface area (Å²) in [5, 5.41) is 8.07. The monoisotopic (exact) mass is 259 g/mol. The fourth-order valence-corrected chi connectivity index (χ4v) is 2.99. The summed E-state index contributed by atoms with van der Waals surface area (Å²) in [6.45, 7) is 3.94. The van der Waals surface area contributed by atoms with Crippen LogP contribution in [0.1, 0.15) is 43.6 Å². The second-order valence-corrected chi connectivity index (χ2v) is 5.50. The van der Waals surface area contributed by atoms with Crippen molar-refractivity contribution in [2.75, 3.05) is 5.32 Å². The first-order valence-electron chi connectivity index (χ1n) is 7.09. The Morgan fingerprint density at radius 1 is 1.11 bits per heavy atom. The minimum Gasteiger partial charge on any atom is -0.365 e. The van der Waals surface area contributed by atoms with Gasteiger partial charge in [-0.2, -0.15) is 5.10 Å². The molecule has 1 aliphatic rings. The molecule has 2 heterocycles. The number of rotatable bonds is 2. The molecule has 1 fully saturated rings. The first-order valence-corrected chi connectivity index (χ1v) is 7.09. The third-order valence-electron chi connectivity index (χ3n) is 3.91. The van der Waals surface area contributed by atoms with Gasteiger partial charge in [0.25, 0.3) is 0 Å². The van der Waals surface area contributed by atoms with Crippen molar-refractivity contribution in [1.82, 2.24) is 19.7 Å². The highest BCUT2D eigenvalue weighted by molar-refractivity contribution is 5.87. The topological polar surface area (TPSA) is 55.6 Å². The number of nitrogens with zero attached hydrogens (tertiary/aromatic N) is 4. The van der Waals surface area contributed by atoms with Crippen LogP contribution >= 0.6 is 0 Å². The van der Waals surface area contributed by atoms with E-state index in [-0.39, 0.29) is 0 Å². The molecule has 2 aromatic heterocycles. The Balaban J connectivity index is 2.01. The van der Waals surface area contributed by atoms with Gasteiger partial charge in [-0.1, -0.05) is 19.3 Å². The van der Waals surface area contributed by atoms with Crippen LogP contribution in [0.3, 0.4) is 0 Å². The molecular formula is C14H21N5. The molecule has 2 aromatic rings. The third-order valence-corrected chi connectivity index (χ3v) is 3.91. The van der Waals surface area contributed by atoms with Gasteiger partial charge in [0, 0.05) is 13.1 Å². The Hall–Kier alpha value is -1.65. The molecule has 5 heteroatoms. The molecule has 1 N–H and O–H groups in total. The molecule has 0 saturated heterocycles. The Morgan fingerprint density at radius 3 is 2.58 bits per heavy atom. The van der Waals surface area contributed by atoms with Crippen LogP contribution in [0, 0.1) is 13.8 Å². The first-order chi connectivity index (χ1) is 9.15. The summed E-state index contributed by atoms with van der Waals surface area (Å²) in [5.74, 6) is 1.75. The van der Waals surface area contributed by atoms with Gasteiger partial charge >= 0.3 is 0 Å². The zero-order valence-electron chi connectivity index (χ0n) is 11.9. The molecule has 0 spiro atoms. The number of hydrogen-bond donors (Lipinski definition) is 1. The van der Waals surface area contributed by atoms with Crippen LogP contribution in [0.25, 0.3) is 11.0 Å². The Labute approximate surface area is 113 Å². The normalized spacial score (nSPS) is 17.0. The maximum Gasteiger partial charge on any atom is 0.156 e. The largest absolute Gasteiger partial charge is 0.365 e. The quantitative estimate of drug-likeness (QED) is 0.901. The van der Waals surface area contributed by atoms with E-state index in [2.05, 4.69) is 20.4 Å². The second kappa shape index (κ2) is 4.79. The zero-order valence-corrected chi connectivity index (χ0v) is 11.9. The number of anilines is 1. The molecule has 1 aliphatic carbocycles. The smallest absolute Gasteiger partial charge is 0.156 e. The molecular weight excluding hydrogens is 238 g/mol. The van der Waals surface area contributed by atoms with Crippen molar-refractivity contribution >= 4 is 16.9 Å². The molecule has 19 heavy (non-hydrogen) atoms. The van der Waals surface area contributed by atoms with Gasteiger partial charge in [0.05, 0.1) is 5.69 Å². The van der Waals surface area contributed by atoms with Crippen LogP contribution in [0.4, 0.5) is 5.82 Å². The molecule has 1 saturated carbocycles. The van der Waals surface area contributed by atoms with Crippen LogP contribution in [0.15, 0.2) is 0 Å².